The smallest absolute Gasteiger partial charge is 0.307 e. The van der Waals surface area contributed by atoms with Crippen LogP contribution in [0.2, 0.25) is 0 Å². The first-order valence-corrected chi connectivity index (χ1v) is 9.12. The second kappa shape index (κ2) is 5.97. The van der Waals surface area contributed by atoms with E-state index in [9.17, 15) is 9.59 Å². The van der Waals surface area contributed by atoms with Crippen LogP contribution in [0.25, 0.3) is 16.9 Å². The number of hydrogen-bond donors (Lipinski definition) is 0. The van der Waals surface area contributed by atoms with Crippen molar-refractivity contribution >= 4 is 16.9 Å². The third-order valence-electron chi connectivity index (χ3n) is 5.55. The van der Waals surface area contributed by atoms with Crippen LogP contribution >= 0.6 is 0 Å². The summed E-state index contributed by atoms with van der Waals surface area (Å²) in [6.45, 7) is 8.26. The van der Waals surface area contributed by atoms with E-state index in [0.717, 1.165) is 17.0 Å². The Morgan fingerprint density at radius 2 is 1.74 bits per heavy atom. The Balaban J connectivity index is 2.15. The van der Waals surface area contributed by atoms with Crippen molar-refractivity contribution in [3.05, 3.63) is 68.1 Å². The summed E-state index contributed by atoms with van der Waals surface area (Å²) in [4.78, 5) is 30.2. The van der Waals surface area contributed by atoms with Gasteiger partial charge in [-0.1, -0.05) is 30.3 Å². The molecule has 0 spiro atoms. The normalized spacial score (nSPS) is 12.9. The van der Waals surface area contributed by atoms with Crippen LogP contribution in [0.3, 0.4) is 0 Å². The molecule has 1 aromatic carbocycles. The van der Waals surface area contributed by atoms with Gasteiger partial charge in [-0.3, -0.25) is 18.3 Å². The molecule has 0 aliphatic heterocycles. The van der Waals surface area contributed by atoms with Crippen molar-refractivity contribution in [2.75, 3.05) is 0 Å². The molecule has 140 valence electrons. The van der Waals surface area contributed by atoms with Gasteiger partial charge in [-0.05, 0) is 33.3 Å². The quantitative estimate of drug-likeness (QED) is 0.560. The number of benzene rings is 1. The predicted molar refractivity (Wildman–Crippen MR) is 106 cm³/mol. The number of hydrogen-bond acceptors (Lipinski definition) is 3. The Bertz CT molecular complexity index is 1290. The highest BCUT2D eigenvalue weighted by Crippen LogP contribution is 2.27. The highest BCUT2D eigenvalue weighted by molar-refractivity contribution is 5.76. The summed E-state index contributed by atoms with van der Waals surface area (Å²) in [5, 5.41) is 0. The van der Waals surface area contributed by atoms with E-state index >= 15 is 0 Å². The van der Waals surface area contributed by atoms with Crippen molar-refractivity contribution in [2.24, 2.45) is 7.05 Å². The summed E-state index contributed by atoms with van der Waals surface area (Å²) in [6, 6.07) is 10.2. The monoisotopic (exact) mass is 365 g/mol. The minimum atomic E-state index is -0.340. The van der Waals surface area contributed by atoms with Crippen LogP contribution in [-0.2, 0) is 13.6 Å². The Kier molecular flexibility index (Phi) is 3.83. The molecule has 4 aromatic rings. The van der Waals surface area contributed by atoms with E-state index in [0.29, 0.717) is 23.5 Å². The Morgan fingerprint density at radius 3 is 2.37 bits per heavy atom. The molecule has 27 heavy (non-hydrogen) atoms. The van der Waals surface area contributed by atoms with Gasteiger partial charge in [0.25, 0.3) is 5.56 Å². The maximum Gasteiger partial charge on any atom is 0.332 e. The zero-order valence-corrected chi connectivity index (χ0v) is 16.2. The molecule has 0 aliphatic carbocycles. The second-order valence-electron chi connectivity index (χ2n) is 6.94. The van der Waals surface area contributed by atoms with Gasteiger partial charge in [0.05, 0.1) is 6.04 Å². The Morgan fingerprint density at radius 1 is 1.07 bits per heavy atom. The largest absolute Gasteiger partial charge is 0.332 e. The van der Waals surface area contributed by atoms with Gasteiger partial charge < -0.3 is 4.57 Å². The molecule has 0 aliphatic rings. The van der Waals surface area contributed by atoms with Gasteiger partial charge in [-0.2, -0.15) is 4.98 Å². The van der Waals surface area contributed by atoms with Crippen LogP contribution in [0.4, 0.5) is 0 Å². The van der Waals surface area contributed by atoms with Crippen LogP contribution in [0.1, 0.15) is 36.8 Å². The fourth-order valence-electron chi connectivity index (χ4n) is 3.90. The van der Waals surface area contributed by atoms with Gasteiger partial charge in [-0.15, -0.1) is 0 Å². The first-order valence-electron chi connectivity index (χ1n) is 9.12. The molecule has 0 N–H and O–H groups in total. The van der Waals surface area contributed by atoms with Crippen molar-refractivity contribution in [1.82, 2.24) is 23.1 Å². The average Bonchev–Trinajstić information content (AvgIpc) is 3.17. The highest BCUT2D eigenvalue weighted by Gasteiger charge is 2.24. The molecule has 0 saturated carbocycles. The van der Waals surface area contributed by atoms with E-state index in [1.807, 2.05) is 36.4 Å². The lowest BCUT2D eigenvalue weighted by Crippen LogP contribution is -2.38. The summed E-state index contributed by atoms with van der Waals surface area (Å²) < 4.78 is 6.73. The minimum Gasteiger partial charge on any atom is -0.307 e. The van der Waals surface area contributed by atoms with E-state index in [1.54, 1.807) is 14.0 Å². The number of fused-ring (bicyclic) bond motifs is 3. The lowest BCUT2D eigenvalue weighted by molar-refractivity contribution is 0.633. The summed E-state index contributed by atoms with van der Waals surface area (Å²) in [5.41, 5.74) is 3.39. The molecule has 0 fully saturated rings. The molecule has 1 unspecified atom stereocenters. The predicted octanol–water partition coefficient (Wildman–Crippen LogP) is 2.40. The van der Waals surface area contributed by atoms with Crippen LogP contribution in [0.15, 0.2) is 39.9 Å². The molecule has 3 aromatic heterocycles. The average molecular weight is 365 g/mol. The van der Waals surface area contributed by atoms with Crippen molar-refractivity contribution in [1.29, 1.82) is 0 Å². The molecule has 0 bridgehead atoms. The molecule has 3 heterocycles. The van der Waals surface area contributed by atoms with Gasteiger partial charge in [0.2, 0.25) is 5.78 Å². The van der Waals surface area contributed by atoms with Gasteiger partial charge in [0.15, 0.2) is 11.2 Å². The van der Waals surface area contributed by atoms with Crippen molar-refractivity contribution < 1.29 is 0 Å². The van der Waals surface area contributed by atoms with Crippen LogP contribution < -0.4 is 11.2 Å². The van der Waals surface area contributed by atoms with Gasteiger partial charge in [0, 0.05) is 25.0 Å². The molecular weight excluding hydrogens is 342 g/mol. The molecule has 7 heteroatoms. The number of rotatable bonds is 3. The van der Waals surface area contributed by atoms with Gasteiger partial charge in [-0.25, -0.2) is 4.79 Å². The molecule has 1 atom stereocenters. The van der Waals surface area contributed by atoms with Crippen molar-refractivity contribution in [2.45, 2.75) is 40.3 Å². The standard InChI is InChI=1S/C20H23N5O2/c1-6-23-18(26)16-17(22(5)20(23)27)21-19-24(12(2)13(3)25(16)19)14(4)15-10-8-7-9-11-15/h7-11,14H,6H2,1-5H3. The summed E-state index contributed by atoms with van der Waals surface area (Å²) in [7, 11) is 1.66. The zero-order valence-electron chi connectivity index (χ0n) is 16.2. The minimum absolute atomic E-state index is 0.0460. The number of imidazole rings is 2. The molecule has 4 rings (SSSR count). The molecule has 0 radical (unpaired) electrons. The maximum absolute atomic E-state index is 13.0. The van der Waals surface area contributed by atoms with E-state index in [4.69, 9.17) is 4.98 Å². The molecule has 7 nitrogen and oxygen atoms in total. The number of aromatic nitrogens is 5. The van der Waals surface area contributed by atoms with Gasteiger partial charge in [0.1, 0.15) is 0 Å². The second-order valence-corrected chi connectivity index (χ2v) is 6.94. The van der Waals surface area contributed by atoms with Crippen LogP contribution in [0.5, 0.6) is 0 Å². The Hall–Kier alpha value is -3.09. The lowest BCUT2D eigenvalue weighted by Gasteiger charge is -2.16. The lowest BCUT2D eigenvalue weighted by atomic mass is 10.1. The van der Waals surface area contributed by atoms with Crippen LogP contribution in [0, 0.1) is 13.8 Å². The fraction of sp³-hybridized carbons (Fsp3) is 0.350. The molecule has 0 saturated heterocycles. The van der Waals surface area contributed by atoms with Crippen molar-refractivity contribution in [3.63, 3.8) is 0 Å². The first kappa shape index (κ1) is 17.3. The van der Waals surface area contributed by atoms with Crippen LogP contribution in [-0.4, -0.2) is 23.1 Å². The van der Waals surface area contributed by atoms with Gasteiger partial charge >= 0.3 is 5.69 Å². The summed E-state index contributed by atoms with van der Waals surface area (Å²) in [6.07, 6.45) is 0. The maximum atomic E-state index is 13.0. The number of nitrogens with zero attached hydrogens (tertiary/aromatic N) is 5. The van der Waals surface area contributed by atoms with E-state index in [2.05, 4.69) is 23.6 Å². The first-order chi connectivity index (χ1) is 12.9. The SMILES string of the molecule is CCn1c(=O)c2c(nc3n(C(C)c4ccccc4)c(C)c(C)n23)n(C)c1=O. The van der Waals surface area contributed by atoms with Crippen molar-refractivity contribution in [3.8, 4) is 0 Å². The third-order valence-corrected chi connectivity index (χ3v) is 5.55. The molecular formula is C20H23N5O2. The summed E-state index contributed by atoms with van der Waals surface area (Å²) >= 11 is 0. The number of aryl methyl sites for hydroxylation is 2. The van der Waals surface area contributed by atoms with E-state index in [1.165, 1.54) is 9.13 Å². The summed E-state index contributed by atoms with van der Waals surface area (Å²) in [5.74, 6) is 0.678. The van der Waals surface area contributed by atoms with E-state index < -0.39 is 0 Å². The van der Waals surface area contributed by atoms with E-state index in [-0.39, 0.29) is 17.3 Å². The highest BCUT2D eigenvalue weighted by atomic mass is 16.2. The fourth-order valence-corrected chi connectivity index (χ4v) is 3.90. The zero-order chi connectivity index (χ0) is 19.5. The Labute approximate surface area is 156 Å². The molecule has 0 amide bonds. The topological polar surface area (TPSA) is 66.2 Å². The third kappa shape index (κ3) is 2.24.